The number of nitrogens with zero attached hydrogens (tertiary/aromatic N) is 1. The highest BCUT2D eigenvalue weighted by atomic mass is 32.2. The number of hydrogen-bond acceptors (Lipinski definition) is 7. The first-order valence-electron chi connectivity index (χ1n) is 7.64. The number of aliphatic hydroxyl groups is 1. The predicted octanol–water partition coefficient (Wildman–Crippen LogP) is 0.650. The Morgan fingerprint density at radius 1 is 1.27 bits per heavy atom. The maximum Gasteiger partial charge on any atom is 0.354 e. The van der Waals surface area contributed by atoms with Crippen molar-refractivity contribution in [2.24, 2.45) is 11.7 Å². The van der Waals surface area contributed by atoms with Gasteiger partial charge in [-0.1, -0.05) is 42.1 Å². The summed E-state index contributed by atoms with van der Waals surface area (Å²) in [6.07, 6.45) is -1.04. The minimum Gasteiger partial charge on any atom is -0.480 e. The molecule has 1 saturated heterocycles. The summed E-state index contributed by atoms with van der Waals surface area (Å²) in [4.78, 5) is 36.1. The summed E-state index contributed by atoms with van der Waals surface area (Å²) < 4.78 is 0.329. The first-order valence-corrected chi connectivity index (χ1v) is 9.51. The molecule has 0 saturated carbocycles. The number of carboxylic acids is 2. The number of nitrogens with two attached hydrogens (primary N) is 1. The average molecular weight is 396 g/mol. The zero-order chi connectivity index (χ0) is 19.0. The molecule has 5 N–H and O–H groups in total. The van der Waals surface area contributed by atoms with Gasteiger partial charge in [0.15, 0.2) is 5.70 Å². The van der Waals surface area contributed by atoms with E-state index >= 15 is 0 Å². The molecule has 0 spiro atoms. The standard InChI is InChI=1S/C16H16N2O6S2/c17-8(14(21)22)6-25-16-10(15(23)24)18-12(20)9(13(18)26-16)11(19)7-4-2-1-3-5-7/h1-5,8-9,11,13,19H,6,17H2,(H,21,22)(H,23,24)/t8-,9+,11?,13-/m1/s1. The van der Waals surface area contributed by atoms with Crippen LogP contribution in [0.4, 0.5) is 0 Å². The van der Waals surface area contributed by atoms with Crippen LogP contribution >= 0.6 is 23.5 Å². The van der Waals surface area contributed by atoms with Crippen LogP contribution in [0.1, 0.15) is 11.7 Å². The van der Waals surface area contributed by atoms with E-state index in [0.717, 1.165) is 28.4 Å². The van der Waals surface area contributed by atoms with Gasteiger partial charge in [-0.05, 0) is 5.56 Å². The molecule has 2 aliphatic heterocycles. The van der Waals surface area contributed by atoms with Crippen molar-refractivity contribution >= 4 is 41.4 Å². The minimum atomic E-state index is -1.27. The van der Waals surface area contributed by atoms with Gasteiger partial charge < -0.3 is 21.1 Å². The van der Waals surface area contributed by atoms with Crippen molar-refractivity contribution in [2.45, 2.75) is 17.5 Å². The molecule has 0 bridgehead atoms. The molecule has 1 fully saturated rings. The van der Waals surface area contributed by atoms with Crippen molar-refractivity contribution in [3.05, 3.63) is 45.8 Å². The van der Waals surface area contributed by atoms with Gasteiger partial charge >= 0.3 is 11.9 Å². The minimum absolute atomic E-state index is 0.0187. The normalized spacial score (nSPS) is 24.1. The van der Waals surface area contributed by atoms with Crippen LogP contribution in [0.25, 0.3) is 0 Å². The van der Waals surface area contributed by atoms with Crippen LogP contribution in [0.5, 0.6) is 0 Å². The molecule has 0 radical (unpaired) electrons. The molecule has 10 heteroatoms. The number of amides is 1. The summed E-state index contributed by atoms with van der Waals surface area (Å²) >= 11 is 2.14. The highest BCUT2D eigenvalue weighted by Gasteiger charge is 2.58. The van der Waals surface area contributed by atoms with Crippen molar-refractivity contribution in [1.29, 1.82) is 0 Å². The average Bonchev–Trinajstić information content (AvgIpc) is 2.95. The second kappa shape index (κ2) is 7.31. The lowest BCUT2D eigenvalue weighted by atomic mass is 9.87. The zero-order valence-electron chi connectivity index (χ0n) is 13.3. The second-order valence-electron chi connectivity index (χ2n) is 5.79. The number of β-lactam (4-membered cyclic amide) rings is 1. The number of carbonyl (C=O) groups excluding carboxylic acids is 1. The molecule has 1 aromatic rings. The van der Waals surface area contributed by atoms with Crippen molar-refractivity contribution < 1.29 is 29.7 Å². The summed E-state index contributed by atoms with van der Waals surface area (Å²) in [5.74, 6) is -3.70. The zero-order valence-corrected chi connectivity index (χ0v) is 14.9. The number of benzene rings is 1. The third kappa shape index (κ3) is 3.20. The molecular weight excluding hydrogens is 380 g/mol. The Morgan fingerprint density at radius 2 is 1.92 bits per heavy atom. The SMILES string of the molecule is N[C@H](CSC1=C(C(=O)O)N2C(=O)[C@H](C(O)c3ccccc3)[C@H]2S1)C(=O)O. The van der Waals surface area contributed by atoms with E-state index in [-0.39, 0.29) is 11.4 Å². The molecule has 26 heavy (non-hydrogen) atoms. The first kappa shape index (κ1) is 18.8. The predicted molar refractivity (Wildman–Crippen MR) is 95.8 cm³/mol. The molecule has 2 aliphatic rings. The highest BCUT2D eigenvalue weighted by molar-refractivity contribution is 8.22. The quantitative estimate of drug-likeness (QED) is 0.489. The summed E-state index contributed by atoms with van der Waals surface area (Å²) in [5.41, 5.74) is 5.86. The fourth-order valence-electron chi connectivity index (χ4n) is 2.79. The molecule has 0 aliphatic carbocycles. The largest absolute Gasteiger partial charge is 0.480 e. The molecule has 4 atom stereocenters. The van der Waals surface area contributed by atoms with E-state index in [9.17, 15) is 24.6 Å². The maximum atomic E-state index is 12.5. The number of carbonyl (C=O) groups is 3. The van der Waals surface area contributed by atoms with E-state index < -0.39 is 41.3 Å². The van der Waals surface area contributed by atoms with Gasteiger partial charge in [0.05, 0.1) is 16.3 Å². The smallest absolute Gasteiger partial charge is 0.354 e. The van der Waals surface area contributed by atoms with Gasteiger partial charge in [-0.15, -0.1) is 11.8 Å². The number of aliphatic carboxylic acids is 2. The van der Waals surface area contributed by atoms with Crippen LogP contribution in [-0.4, -0.2) is 55.2 Å². The van der Waals surface area contributed by atoms with E-state index in [1.807, 2.05) is 0 Å². The fraction of sp³-hybridized carbons (Fsp3) is 0.312. The number of carboxylic acid groups (broad SMARTS) is 2. The van der Waals surface area contributed by atoms with E-state index in [4.69, 9.17) is 10.8 Å². The Labute approximate surface area is 157 Å². The van der Waals surface area contributed by atoms with Crippen LogP contribution in [0.2, 0.25) is 0 Å². The summed E-state index contributed by atoms with van der Waals surface area (Å²) in [5, 5.41) is 28.3. The summed E-state index contributed by atoms with van der Waals surface area (Å²) in [6, 6.07) is 7.55. The van der Waals surface area contributed by atoms with Crippen LogP contribution < -0.4 is 5.73 Å². The van der Waals surface area contributed by atoms with Crippen molar-refractivity contribution in [3.8, 4) is 0 Å². The number of fused-ring (bicyclic) bond motifs is 1. The van der Waals surface area contributed by atoms with Crippen LogP contribution in [0.3, 0.4) is 0 Å². The Kier molecular flexibility index (Phi) is 5.28. The second-order valence-corrected chi connectivity index (χ2v) is 8.21. The molecular formula is C16H16N2O6S2. The molecule has 2 heterocycles. The van der Waals surface area contributed by atoms with Crippen LogP contribution in [0, 0.1) is 5.92 Å². The van der Waals surface area contributed by atoms with Gasteiger partial charge in [-0.2, -0.15) is 0 Å². The van der Waals surface area contributed by atoms with Gasteiger partial charge in [0, 0.05) is 5.75 Å². The molecule has 0 aromatic heterocycles. The molecule has 1 aromatic carbocycles. The maximum absolute atomic E-state index is 12.5. The van der Waals surface area contributed by atoms with E-state index in [2.05, 4.69) is 0 Å². The Bertz CT molecular complexity index is 784. The highest BCUT2D eigenvalue weighted by Crippen LogP contribution is 2.55. The molecule has 8 nitrogen and oxygen atoms in total. The number of thioether (sulfide) groups is 2. The Morgan fingerprint density at radius 3 is 2.50 bits per heavy atom. The molecule has 138 valence electrons. The van der Waals surface area contributed by atoms with Gasteiger partial charge in [0.25, 0.3) is 0 Å². The Hall–Kier alpha value is -2.01. The molecule has 1 amide bonds. The topological polar surface area (TPSA) is 141 Å². The monoisotopic (exact) mass is 396 g/mol. The number of rotatable bonds is 7. The summed E-state index contributed by atoms with van der Waals surface area (Å²) in [7, 11) is 0. The van der Waals surface area contributed by atoms with Gasteiger partial charge in [0.1, 0.15) is 11.4 Å². The van der Waals surface area contributed by atoms with Gasteiger partial charge in [-0.25, -0.2) is 4.79 Å². The Balaban J connectivity index is 1.78. The van der Waals surface area contributed by atoms with Gasteiger partial charge in [0.2, 0.25) is 5.91 Å². The van der Waals surface area contributed by atoms with Crippen molar-refractivity contribution in [1.82, 2.24) is 4.90 Å². The fourth-order valence-corrected chi connectivity index (χ4v) is 5.60. The third-order valence-electron chi connectivity index (χ3n) is 4.14. The number of hydrogen-bond donors (Lipinski definition) is 4. The summed E-state index contributed by atoms with van der Waals surface area (Å²) in [6.45, 7) is 0. The lowest BCUT2D eigenvalue weighted by Crippen LogP contribution is -2.59. The van der Waals surface area contributed by atoms with Gasteiger partial charge in [-0.3, -0.25) is 14.5 Å². The first-order chi connectivity index (χ1) is 12.3. The van der Waals surface area contributed by atoms with Crippen LogP contribution in [-0.2, 0) is 14.4 Å². The van der Waals surface area contributed by atoms with Crippen molar-refractivity contribution in [2.75, 3.05) is 5.75 Å². The van der Waals surface area contributed by atoms with Crippen molar-refractivity contribution in [3.63, 3.8) is 0 Å². The number of aliphatic hydroxyl groups excluding tert-OH is 1. The van der Waals surface area contributed by atoms with Crippen LogP contribution in [0.15, 0.2) is 40.3 Å². The molecule has 1 unspecified atom stereocenters. The lowest BCUT2D eigenvalue weighted by molar-refractivity contribution is -0.157. The third-order valence-corrected chi connectivity index (χ3v) is 6.92. The van der Waals surface area contributed by atoms with E-state index in [1.54, 1.807) is 30.3 Å². The lowest BCUT2D eigenvalue weighted by Gasteiger charge is -2.44. The van der Waals surface area contributed by atoms with E-state index in [0.29, 0.717) is 9.80 Å². The van der Waals surface area contributed by atoms with E-state index in [1.165, 1.54) is 0 Å². The molecule has 3 rings (SSSR count).